The molecule has 2 unspecified atom stereocenters. The standard InChI is InChI=1S/C16H23N3O/c1-12-7-8-14(20-12)11-17-9-10-19-13(2)18-15-5-3-4-6-16(15)19/h3-6,12,14,17H,7-11H2,1-2H3. The number of aryl methyl sites for hydroxylation is 1. The number of hydrogen-bond acceptors (Lipinski definition) is 3. The van der Waals surface area contributed by atoms with Gasteiger partial charge in [-0.15, -0.1) is 0 Å². The number of para-hydroxylation sites is 2. The van der Waals surface area contributed by atoms with Crippen molar-refractivity contribution in [3.63, 3.8) is 0 Å². The topological polar surface area (TPSA) is 39.1 Å². The lowest BCUT2D eigenvalue weighted by molar-refractivity contribution is 0.0560. The number of nitrogens with zero attached hydrogens (tertiary/aromatic N) is 2. The van der Waals surface area contributed by atoms with E-state index in [-0.39, 0.29) is 0 Å². The molecule has 1 aliphatic heterocycles. The van der Waals surface area contributed by atoms with Crippen molar-refractivity contribution < 1.29 is 4.74 Å². The molecule has 4 nitrogen and oxygen atoms in total. The van der Waals surface area contributed by atoms with Crippen LogP contribution in [0.1, 0.15) is 25.6 Å². The number of fused-ring (bicyclic) bond motifs is 1. The number of nitrogens with one attached hydrogen (secondary N) is 1. The minimum absolute atomic E-state index is 0.394. The van der Waals surface area contributed by atoms with E-state index in [1.165, 1.54) is 18.4 Å². The van der Waals surface area contributed by atoms with Crippen LogP contribution in [0.4, 0.5) is 0 Å². The molecule has 0 radical (unpaired) electrons. The Balaban J connectivity index is 1.53. The predicted molar refractivity (Wildman–Crippen MR) is 80.9 cm³/mol. The van der Waals surface area contributed by atoms with Gasteiger partial charge in [-0.25, -0.2) is 4.98 Å². The summed E-state index contributed by atoms with van der Waals surface area (Å²) in [7, 11) is 0. The first kappa shape index (κ1) is 13.6. The average molecular weight is 273 g/mol. The molecule has 0 bridgehead atoms. The normalized spacial score (nSPS) is 22.7. The Morgan fingerprint density at radius 1 is 1.35 bits per heavy atom. The van der Waals surface area contributed by atoms with Crippen LogP contribution in [-0.2, 0) is 11.3 Å². The maximum absolute atomic E-state index is 5.81. The van der Waals surface area contributed by atoms with Crippen LogP contribution in [0.2, 0.25) is 0 Å². The Morgan fingerprint density at radius 2 is 2.20 bits per heavy atom. The second-order valence-electron chi connectivity index (χ2n) is 5.65. The van der Waals surface area contributed by atoms with Crippen LogP contribution in [0.15, 0.2) is 24.3 Å². The van der Waals surface area contributed by atoms with Crippen molar-refractivity contribution in [2.75, 3.05) is 13.1 Å². The first-order valence-corrected chi connectivity index (χ1v) is 7.52. The number of aromatic nitrogens is 2. The van der Waals surface area contributed by atoms with Gasteiger partial charge in [0.2, 0.25) is 0 Å². The molecule has 1 aromatic carbocycles. The van der Waals surface area contributed by atoms with Crippen molar-refractivity contribution in [3.05, 3.63) is 30.1 Å². The Hall–Kier alpha value is -1.39. The van der Waals surface area contributed by atoms with E-state index in [1.807, 2.05) is 6.07 Å². The summed E-state index contributed by atoms with van der Waals surface area (Å²) in [6, 6.07) is 8.31. The summed E-state index contributed by atoms with van der Waals surface area (Å²) in [6.45, 7) is 7.09. The molecule has 0 saturated carbocycles. The molecular formula is C16H23N3O. The van der Waals surface area contributed by atoms with Crippen molar-refractivity contribution in [1.29, 1.82) is 0 Å². The van der Waals surface area contributed by atoms with Crippen LogP contribution in [0.3, 0.4) is 0 Å². The number of hydrogen-bond donors (Lipinski definition) is 1. The first-order chi connectivity index (χ1) is 9.74. The molecule has 2 atom stereocenters. The summed E-state index contributed by atoms with van der Waals surface area (Å²) in [4.78, 5) is 4.59. The van der Waals surface area contributed by atoms with Gasteiger partial charge in [-0.1, -0.05) is 12.1 Å². The van der Waals surface area contributed by atoms with E-state index in [2.05, 4.69) is 46.9 Å². The van der Waals surface area contributed by atoms with E-state index < -0.39 is 0 Å². The minimum Gasteiger partial charge on any atom is -0.374 e. The van der Waals surface area contributed by atoms with Gasteiger partial charge in [0.15, 0.2) is 0 Å². The monoisotopic (exact) mass is 273 g/mol. The fraction of sp³-hybridized carbons (Fsp3) is 0.562. The van der Waals surface area contributed by atoms with E-state index in [1.54, 1.807) is 0 Å². The molecule has 1 saturated heterocycles. The average Bonchev–Trinajstić information content (AvgIpc) is 2.98. The van der Waals surface area contributed by atoms with Gasteiger partial charge >= 0.3 is 0 Å². The van der Waals surface area contributed by atoms with E-state index in [0.717, 1.165) is 31.0 Å². The van der Waals surface area contributed by atoms with E-state index in [9.17, 15) is 0 Å². The maximum Gasteiger partial charge on any atom is 0.106 e. The molecule has 20 heavy (non-hydrogen) atoms. The molecule has 4 heteroatoms. The summed E-state index contributed by atoms with van der Waals surface area (Å²) in [5.41, 5.74) is 2.30. The molecule has 1 aliphatic rings. The van der Waals surface area contributed by atoms with Crippen molar-refractivity contribution in [2.24, 2.45) is 0 Å². The van der Waals surface area contributed by atoms with Crippen molar-refractivity contribution in [2.45, 2.75) is 45.4 Å². The van der Waals surface area contributed by atoms with Crippen LogP contribution in [0.5, 0.6) is 0 Å². The molecule has 2 aromatic rings. The Bertz CT molecular complexity index is 578. The lowest BCUT2D eigenvalue weighted by Gasteiger charge is -2.13. The third-order valence-corrected chi connectivity index (χ3v) is 4.05. The van der Waals surface area contributed by atoms with E-state index in [4.69, 9.17) is 4.74 Å². The number of rotatable bonds is 5. The SMILES string of the molecule is Cc1nc2ccccc2n1CCNCC1CCC(C)O1. The second kappa shape index (κ2) is 5.94. The smallest absolute Gasteiger partial charge is 0.106 e. The van der Waals surface area contributed by atoms with Gasteiger partial charge in [0.25, 0.3) is 0 Å². The molecule has 0 aliphatic carbocycles. The quantitative estimate of drug-likeness (QED) is 0.851. The minimum atomic E-state index is 0.394. The highest BCUT2D eigenvalue weighted by molar-refractivity contribution is 5.75. The van der Waals surface area contributed by atoms with Crippen molar-refractivity contribution >= 4 is 11.0 Å². The Labute approximate surface area is 120 Å². The van der Waals surface area contributed by atoms with Gasteiger partial charge in [-0.3, -0.25) is 0 Å². The Morgan fingerprint density at radius 3 is 3.00 bits per heavy atom. The highest BCUT2D eigenvalue weighted by Crippen LogP contribution is 2.18. The fourth-order valence-electron chi connectivity index (χ4n) is 2.97. The number of ether oxygens (including phenoxy) is 1. The van der Waals surface area contributed by atoms with Gasteiger partial charge in [-0.2, -0.15) is 0 Å². The molecule has 2 heterocycles. The third-order valence-electron chi connectivity index (χ3n) is 4.05. The first-order valence-electron chi connectivity index (χ1n) is 7.52. The van der Waals surface area contributed by atoms with Crippen molar-refractivity contribution in [3.8, 4) is 0 Å². The van der Waals surface area contributed by atoms with E-state index in [0.29, 0.717) is 12.2 Å². The van der Waals surface area contributed by atoms with Crippen molar-refractivity contribution in [1.82, 2.24) is 14.9 Å². The highest BCUT2D eigenvalue weighted by atomic mass is 16.5. The largest absolute Gasteiger partial charge is 0.374 e. The molecule has 1 aromatic heterocycles. The zero-order valence-electron chi connectivity index (χ0n) is 12.3. The number of benzene rings is 1. The molecule has 1 fully saturated rings. The summed E-state index contributed by atoms with van der Waals surface area (Å²) >= 11 is 0. The molecule has 0 spiro atoms. The lowest BCUT2D eigenvalue weighted by Crippen LogP contribution is -2.29. The van der Waals surface area contributed by atoms with Crippen LogP contribution < -0.4 is 5.32 Å². The van der Waals surface area contributed by atoms with Crippen LogP contribution in [0, 0.1) is 6.92 Å². The predicted octanol–water partition coefficient (Wildman–Crippen LogP) is 2.50. The van der Waals surface area contributed by atoms with Crippen LogP contribution in [-0.4, -0.2) is 34.8 Å². The summed E-state index contributed by atoms with van der Waals surface area (Å²) in [5.74, 6) is 1.08. The maximum atomic E-state index is 5.81. The summed E-state index contributed by atoms with van der Waals surface area (Å²) in [6.07, 6.45) is 3.20. The highest BCUT2D eigenvalue weighted by Gasteiger charge is 2.20. The van der Waals surface area contributed by atoms with E-state index >= 15 is 0 Å². The molecule has 0 amide bonds. The molecular weight excluding hydrogens is 250 g/mol. The molecule has 108 valence electrons. The van der Waals surface area contributed by atoms with Gasteiger partial charge in [0.05, 0.1) is 23.2 Å². The lowest BCUT2D eigenvalue weighted by atomic mass is 10.2. The third kappa shape index (κ3) is 2.86. The zero-order chi connectivity index (χ0) is 13.9. The molecule has 1 N–H and O–H groups in total. The summed E-state index contributed by atoms with van der Waals surface area (Å²) < 4.78 is 8.09. The van der Waals surface area contributed by atoms with Crippen LogP contribution in [0.25, 0.3) is 11.0 Å². The van der Waals surface area contributed by atoms with Gasteiger partial charge < -0.3 is 14.6 Å². The molecule has 3 rings (SSSR count). The van der Waals surface area contributed by atoms with Gasteiger partial charge in [0.1, 0.15) is 5.82 Å². The van der Waals surface area contributed by atoms with Gasteiger partial charge in [0, 0.05) is 19.6 Å². The fourth-order valence-corrected chi connectivity index (χ4v) is 2.97. The number of imidazole rings is 1. The second-order valence-corrected chi connectivity index (χ2v) is 5.65. The zero-order valence-corrected chi connectivity index (χ0v) is 12.3. The van der Waals surface area contributed by atoms with Gasteiger partial charge in [-0.05, 0) is 38.8 Å². The van der Waals surface area contributed by atoms with Crippen LogP contribution >= 0.6 is 0 Å². The summed E-state index contributed by atoms with van der Waals surface area (Å²) in [5, 5.41) is 3.50. The Kier molecular flexibility index (Phi) is 4.03.